The maximum atomic E-state index is 13.1. The third-order valence-corrected chi connectivity index (χ3v) is 5.02. The summed E-state index contributed by atoms with van der Waals surface area (Å²) in [6.45, 7) is 3.93. The van der Waals surface area contributed by atoms with Crippen LogP contribution in [0.2, 0.25) is 0 Å². The molecule has 0 aliphatic heterocycles. The highest BCUT2D eigenvalue weighted by molar-refractivity contribution is 9.10. The Morgan fingerprint density at radius 2 is 1.95 bits per heavy atom. The van der Waals surface area contributed by atoms with Crippen LogP contribution < -0.4 is 5.32 Å². The summed E-state index contributed by atoms with van der Waals surface area (Å²) < 4.78 is 39.7. The average Bonchev–Trinajstić information content (AvgIpc) is 2.88. The maximum absolute atomic E-state index is 13.1. The zero-order valence-electron chi connectivity index (χ0n) is 11.6. The van der Waals surface area contributed by atoms with E-state index in [0.717, 1.165) is 17.4 Å². The molecule has 0 aliphatic carbocycles. The molecule has 1 aromatic carbocycles. The first-order chi connectivity index (χ1) is 9.81. The molecular weight excluding hydrogens is 363 g/mol. The van der Waals surface area contributed by atoms with Gasteiger partial charge in [0.2, 0.25) is 0 Å². The Morgan fingerprint density at radius 3 is 2.52 bits per heavy atom. The van der Waals surface area contributed by atoms with Gasteiger partial charge in [0.15, 0.2) is 0 Å². The van der Waals surface area contributed by atoms with E-state index in [-0.39, 0.29) is 11.7 Å². The molecule has 1 unspecified atom stereocenters. The van der Waals surface area contributed by atoms with Crippen molar-refractivity contribution in [2.24, 2.45) is 0 Å². The Labute approximate surface area is 134 Å². The maximum Gasteiger partial charge on any atom is 0.418 e. The molecule has 0 spiro atoms. The highest BCUT2D eigenvalue weighted by Crippen LogP contribution is 2.38. The normalized spacial score (nSPS) is 13.2. The van der Waals surface area contributed by atoms with Gasteiger partial charge in [-0.25, -0.2) is 0 Å². The van der Waals surface area contributed by atoms with Gasteiger partial charge < -0.3 is 5.32 Å². The fourth-order valence-corrected chi connectivity index (χ4v) is 3.31. The third-order valence-electron chi connectivity index (χ3n) is 3.12. The molecule has 1 nitrogen and oxygen atoms in total. The fourth-order valence-electron chi connectivity index (χ4n) is 2.00. The number of hydrogen-bond donors (Lipinski definition) is 1. The van der Waals surface area contributed by atoms with Gasteiger partial charge >= 0.3 is 6.18 Å². The second-order valence-electron chi connectivity index (χ2n) is 4.71. The van der Waals surface area contributed by atoms with E-state index >= 15 is 0 Å². The number of aryl methyl sites for hydroxylation is 1. The minimum atomic E-state index is -4.38. The molecule has 0 radical (unpaired) electrons. The number of benzene rings is 1. The summed E-state index contributed by atoms with van der Waals surface area (Å²) in [6.07, 6.45) is -3.45. The van der Waals surface area contributed by atoms with Crippen LogP contribution >= 0.6 is 27.3 Å². The number of anilines is 1. The van der Waals surface area contributed by atoms with Gasteiger partial charge in [0.25, 0.3) is 0 Å². The number of halogens is 4. The van der Waals surface area contributed by atoms with E-state index in [1.807, 2.05) is 19.1 Å². The van der Waals surface area contributed by atoms with Crippen LogP contribution in [0.4, 0.5) is 18.9 Å². The van der Waals surface area contributed by atoms with Gasteiger partial charge in [0, 0.05) is 19.9 Å². The predicted molar refractivity (Wildman–Crippen MR) is 84.9 cm³/mol. The Kier molecular flexibility index (Phi) is 4.99. The van der Waals surface area contributed by atoms with Crippen LogP contribution in [0.15, 0.2) is 34.8 Å². The van der Waals surface area contributed by atoms with Gasteiger partial charge in [-0.05, 0) is 43.7 Å². The molecule has 0 saturated heterocycles. The highest BCUT2D eigenvalue weighted by Gasteiger charge is 2.34. The summed E-state index contributed by atoms with van der Waals surface area (Å²) in [4.78, 5) is 2.26. The number of thiophene rings is 1. The lowest BCUT2D eigenvalue weighted by molar-refractivity contribution is -0.137. The molecule has 2 rings (SSSR count). The lowest BCUT2D eigenvalue weighted by atomic mass is 10.1. The summed E-state index contributed by atoms with van der Waals surface area (Å²) >= 11 is 4.71. The molecule has 2 aromatic rings. The van der Waals surface area contributed by atoms with Crippen molar-refractivity contribution in [3.63, 3.8) is 0 Å². The number of nitrogens with one attached hydrogen (secondary N) is 1. The molecule has 6 heteroatoms. The van der Waals surface area contributed by atoms with Crippen molar-refractivity contribution in [2.45, 2.75) is 32.5 Å². The van der Waals surface area contributed by atoms with Crippen LogP contribution in [-0.2, 0) is 12.6 Å². The van der Waals surface area contributed by atoms with Crippen molar-refractivity contribution in [3.8, 4) is 0 Å². The van der Waals surface area contributed by atoms with Gasteiger partial charge in [-0.2, -0.15) is 13.2 Å². The van der Waals surface area contributed by atoms with E-state index in [9.17, 15) is 13.2 Å². The summed E-state index contributed by atoms with van der Waals surface area (Å²) in [5, 5.41) is 2.97. The summed E-state index contributed by atoms with van der Waals surface area (Å²) in [7, 11) is 0. The SMILES string of the molecule is CCc1ccc(C(C)Nc2ccc(Br)cc2C(F)(F)F)s1. The summed E-state index contributed by atoms with van der Waals surface area (Å²) in [5.74, 6) is 0. The van der Waals surface area contributed by atoms with Crippen LogP contribution in [0, 0.1) is 0 Å². The predicted octanol–water partition coefficient (Wildman–Crippen LogP) is 6.26. The molecule has 0 amide bonds. The number of hydrogen-bond acceptors (Lipinski definition) is 2. The molecule has 1 N–H and O–H groups in total. The van der Waals surface area contributed by atoms with Crippen LogP contribution in [-0.4, -0.2) is 0 Å². The Bertz CT molecular complexity index is 622. The Balaban J connectivity index is 2.26. The highest BCUT2D eigenvalue weighted by atomic mass is 79.9. The zero-order chi connectivity index (χ0) is 15.6. The molecule has 0 aliphatic rings. The number of rotatable bonds is 4. The van der Waals surface area contributed by atoms with Crippen molar-refractivity contribution < 1.29 is 13.2 Å². The van der Waals surface area contributed by atoms with Gasteiger partial charge in [-0.15, -0.1) is 11.3 Å². The second-order valence-corrected chi connectivity index (χ2v) is 6.83. The van der Waals surface area contributed by atoms with Gasteiger partial charge in [0.1, 0.15) is 0 Å². The Hall–Kier alpha value is -1.01. The van der Waals surface area contributed by atoms with E-state index in [0.29, 0.717) is 4.47 Å². The first-order valence-corrected chi connectivity index (χ1v) is 8.14. The average molecular weight is 378 g/mol. The van der Waals surface area contributed by atoms with Crippen LogP contribution in [0.5, 0.6) is 0 Å². The van der Waals surface area contributed by atoms with E-state index in [1.165, 1.54) is 10.9 Å². The van der Waals surface area contributed by atoms with Gasteiger partial charge in [0.05, 0.1) is 11.6 Å². The second kappa shape index (κ2) is 6.40. The van der Waals surface area contributed by atoms with E-state index in [4.69, 9.17) is 0 Å². The van der Waals surface area contributed by atoms with E-state index in [2.05, 4.69) is 28.2 Å². The summed E-state index contributed by atoms with van der Waals surface area (Å²) in [5.41, 5.74) is -0.555. The monoisotopic (exact) mass is 377 g/mol. The minimum absolute atomic E-state index is 0.102. The van der Waals surface area contributed by atoms with Crippen molar-refractivity contribution in [3.05, 3.63) is 50.1 Å². The van der Waals surface area contributed by atoms with Crippen LogP contribution in [0.1, 0.15) is 35.2 Å². The molecule has 0 fully saturated rings. The molecule has 1 atom stereocenters. The summed E-state index contributed by atoms with van der Waals surface area (Å²) in [6, 6.07) is 7.98. The van der Waals surface area contributed by atoms with Crippen molar-refractivity contribution in [1.82, 2.24) is 0 Å². The molecule has 0 bridgehead atoms. The quantitative estimate of drug-likeness (QED) is 0.662. The lowest BCUT2D eigenvalue weighted by Gasteiger charge is -2.19. The molecule has 114 valence electrons. The molecule has 0 saturated carbocycles. The zero-order valence-corrected chi connectivity index (χ0v) is 14.0. The molecule has 21 heavy (non-hydrogen) atoms. The molecule has 1 aromatic heterocycles. The van der Waals surface area contributed by atoms with Gasteiger partial charge in [-0.3, -0.25) is 0 Å². The minimum Gasteiger partial charge on any atom is -0.377 e. The largest absolute Gasteiger partial charge is 0.418 e. The van der Waals surface area contributed by atoms with Crippen molar-refractivity contribution in [2.75, 3.05) is 5.32 Å². The first kappa shape index (κ1) is 16.4. The van der Waals surface area contributed by atoms with Crippen molar-refractivity contribution in [1.29, 1.82) is 0 Å². The van der Waals surface area contributed by atoms with Crippen molar-refractivity contribution >= 4 is 33.0 Å². The third kappa shape index (κ3) is 4.01. The van der Waals surface area contributed by atoms with Gasteiger partial charge in [-0.1, -0.05) is 22.9 Å². The fraction of sp³-hybridized carbons (Fsp3) is 0.333. The first-order valence-electron chi connectivity index (χ1n) is 6.53. The standard InChI is InChI=1S/C15H15BrF3NS/c1-3-11-5-7-14(21-11)9(2)20-13-6-4-10(16)8-12(13)15(17,18)19/h4-9,20H,3H2,1-2H3. The van der Waals surface area contributed by atoms with E-state index < -0.39 is 11.7 Å². The number of alkyl halides is 3. The lowest BCUT2D eigenvalue weighted by Crippen LogP contribution is -2.13. The van der Waals surface area contributed by atoms with Crippen LogP contribution in [0.25, 0.3) is 0 Å². The van der Waals surface area contributed by atoms with E-state index in [1.54, 1.807) is 17.4 Å². The Morgan fingerprint density at radius 1 is 1.24 bits per heavy atom. The topological polar surface area (TPSA) is 12.0 Å². The molecule has 1 heterocycles. The smallest absolute Gasteiger partial charge is 0.377 e. The molecular formula is C15H15BrF3NS. The van der Waals surface area contributed by atoms with Crippen LogP contribution in [0.3, 0.4) is 0 Å².